The predicted octanol–water partition coefficient (Wildman–Crippen LogP) is 2.70. The number of carbonyl (C=O) groups excluding carboxylic acids is 1. The standard InChI is InChI=1S/C19H18N2O6/c1-10-7-11(2)15(21(25)26)9-14(10)18(22)20-17(19(23)24)13-3-4-16-12(8-13)5-6-27-16/h3-4,7-9,17H,5-6H2,1-2H3,(H,20,22)(H,23,24). The van der Waals surface area contributed by atoms with Gasteiger partial charge in [-0.1, -0.05) is 6.07 Å². The third kappa shape index (κ3) is 3.59. The van der Waals surface area contributed by atoms with Crippen molar-refractivity contribution in [1.29, 1.82) is 0 Å². The summed E-state index contributed by atoms with van der Waals surface area (Å²) in [7, 11) is 0. The van der Waals surface area contributed by atoms with Crippen molar-refractivity contribution in [3.05, 3.63) is 68.3 Å². The molecule has 2 N–H and O–H groups in total. The molecule has 0 aromatic heterocycles. The van der Waals surface area contributed by atoms with Crippen molar-refractivity contribution < 1.29 is 24.4 Å². The van der Waals surface area contributed by atoms with Crippen LogP contribution in [0.15, 0.2) is 30.3 Å². The number of fused-ring (bicyclic) bond motifs is 1. The molecule has 140 valence electrons. The van der Waals surface area contributed by atoms with Crippen LogP contribution in [0.1, 0.15) is 38.7 Å². The highest BCUT2D eigenvalue weighted by atomic mass is 16.6. The second-order valence-electron chi connectivity index (χ2n) is 6.42. The maximum Gasteiger partial charge on any atom is 0.330 e. The quantitative estimate of drug-likeness (QED) is 0.617. The lowest BCUT2D eigenvalue weighted by Crippen LogP contribution is -2.34. The van der Waals surface area contributed by atoms with Crippen molar-refractivity contribution in [2.45, 2.75) is 26.3 Å². The minimum Gasteiger partial charge on any atom is -0.493 e. The number of carboxylic acid groups (broad SMARTS) is 1. The summed E-state index contributed by atoms with van der Waals surface area (Å²) in [6, 6.07) is 6.41. The van der Waals surface area contributed by atoms with Crippen LogP contribution in [0.5, 0.6) is 5.75 Å². The molecule has 0 aliphatic carbocycles. The van der Waals surface area contributed by atoms with Crippen molar-refractivity contribution in [3.8, 4) is 5.75 Å². The zero-order valence-electron chi connectivity index (χ0n) is 14.8. The molecule has 0 spiro atoms. The van der Waals surface area contributed by atoms with Gasteiger partial charge >= 0.3 is 5.97 Å². The fourth-order valence-electron chi connectivity index (χ4n) is 3.16. The van der Waals surface area contributed by atoms with Crippen LogP contribution in [-0.4, -0.2) is 28.5 Å². The number of carbonyl (C=O) groups is 2. The first-order valence-corrected chi connectivity index (χ1v) is 8.33. The molecule has 0 fully saturated rings. The Morgan fingerprint density at radius 1 is 1.22 bits per heavy atom. The summed E-state index contributed by atoms with van der Waals surface area (Å²) >= 11 is 0. The number of aryl methyl sites for hydroxylation is 2. The van der Waals surface area contributed by atoms with Crippen molar-refractivity contribution in [2.24, 2.45) is 0 Å². The van der Waals surface area contributed by atoms with Gasteiger partial charge in [0.2, 0.25) is 0 Å². The van der Waals surface area contributed by atoms with Gasteiger partial charge < -0.3 is 15.2 Å². The first-order valence-electron chi connectivity index (χ1n) is 8.33. The van der Waals surface area contributed by atoms with Gasteiger partial charge in [-0.2, -0.15) is 0 Å². The highest BCUT2D eigenvalue weighted by Gasteiger charge is 2.26. The Bertz CT molecular complexity index is 953. The second-order valence-corrected chi connectivity index (χ2v) is 6.42. The molecule has 0 saturated heterocycles. The summed E-state index contributed by atoms with van der Waals surface area (Å²) in [4.78, 5) is 34.9. The number of nitrogens with zero attached hydrogens (tertiary/aromatic N) is 1. The predicted molar refractivity (Wildman–Crippen MR) is 96.1 cm³/mol. The molecular weight excluding hydrogens is 352 g/mol. The number of benzene rings is 2. The Balaban J connectivity index is 1.92. The topological polar surface area (TPSA) is 119 Å². The lowest BCUT2D eigenvalue weighted by Gasteiger charge is -2.17. The molecular formula is C19H18N2O6. The van der Waals surface area contributed by atoms with Gasteiger partial charge in [-0.15, -0.1) is 0 Å². The number of rotatable bonds is 5. The Morgan fingerprint density at radius 2 is 1.96 bits per heavy atom. The number of aliphatic carboxylic acids is 1. The largest absolute Gasteiger partial charge is 0.493 e. The van der Waals surface area contributed by atoms with Gasteiger partial charge in [-0.25, -0.2) is 4.79 Å². The molecule has 1 heterocycles. The van der Waals surface area contributed by atoms with Crippen LogP contribution in [-0.2, 0) is 11.2 Å². The molecule has 0 bridgehead atoms. The third-order valence-electron chi connectivity index (χ3n) is 4.55. The first-order chi connectivity index (χ1) is 12.8. The molecule has 2 aromatic carbocycles. The summed E-state index contributed by atoms with van der Waals surface area (Å²) in [6.45, 7) is 3.77. The van der Waals surface area contributed by atoms with Crippen molar-refractivity contribution in [2.75, 3.05) is 6.61 Å². The average Bonchev–Trinajstić information content (AvgIpc) is 3.06. The van der Waals surface area contributed by atoms with E-state index in [4.69, 9.17) is 4.74 Å². The molecule has 1 aliphatic rings. The molecule has 0 radical (unpaired) electrons. The minimum atomic E-state index is -1.27. The highest BCUT2D eigenvalue weighted by Crippen LogP contribution is 2.29. The van der Waals surface area contributed by atoms with Crippen LogP contribution in [0.3, 0.4) is 0 Å². The molecule has 2 aromatic rings. The molecule has 27 heavy (non-hydrogen) atoms. The minimum absolute atomic E-state index is 0.0723. The molecule has 3 rings (SSSR count). The Labute approximate surface area is 154 Å². The molecule has 1 atom stereocenters. The first kappa shape index (κ1) is 18.4. The summed E-state index contributed by atoms with van der Waals surface area (Å²) in [5, 5.41) is 23.2. The van der Waals surface area contributed by atoms with Gasteiger partial charge in [0.15, 0.2) is 6.04 Å². The number of carboxylic acids is 1. The number of nitro benzene ring substituents is 1. The van der Waals surface area contributed by atoms with Crippen LogP contribution < -0.4 is 10.1 Å². The number of nitrogens with one attached hydrogen (secondary N) is 1. The Morgan fingerprint density at radius 3 is 2.63 bits per heavy atom. The van der Waals surface area contributed by atoms with Crippen LogP contribution in [0.25, 0.3) is 0 Å². The van der Waals surface area contributed by atoms with E-state index >= 15 is 0 Å². The second kappa shape index (κ2) is 7.06. The van der Waals surface area contributed by atoms with E-state index in [1.165, 1.54) is 12.1 Å². The fraction of sp³-hybridized carbons (Fsp3) is 0.263. The van der Waals surface area contributed by atoms with E-state index in [9.17, 15) is 24.8 Å². The van der Waals surface area contributed by atoms with Gasteiger partial charge in [0.05, 0.1) is 11.5 Å². The fourth-order valence-corrected chi connectivity index (χ4v) is 3.16. The van der Waals surface area contributed by atoms with Crippen LogP contribution in [0, 0.1) is 24.0 Å². The van der Waals surface area contributed by atoms with E-state index in [-0.39, 0.29) is 11.3 Å². The molecule has 1 aliphatic heterocycles. The van der Waals surface area contributed by atoms with E-state index in [0.717, 1.165) is 5.56 Å². The van der Waals surface area contributed by atoms with Gasteiger partial charge in [0.25, 0.3) is 11.6 Å². The maximum absolute atomic E-state index is 12.7. The Kier molecular flexibility index (Phi) is 4.81. The summed E-state index contributed by atoms with van der Waals surface area (Å²) in [5.74, 6) is -1.19. The molecule has 8 heteroatoms. The monoisotopic (exact) mass is 370 g/mol. The molecule has 1 unspecified atom stereocenters. The molecule has 8 nitrogen and oxygen atoms in total. The van der Waals surface area contributed by atoms with Crippen molar-refractivity contribution >= 4 is 17.6 Å². The number of nitro groups is 1. The summed E-state index contributed by atoms with van der Waals surface area (Å²) < 4.78 is 5.41. The number of amides is 1. The van der Waals surface area contributed by atoms with Crippen LogP contribution in [0.4, 0.5) is 5.69 Å². The van der Waals surface area contributed by atoms with E-state index in [0.29, 0.717) is 35.5 Å². The molecule has 0 saturated carbocycles. The van der Waals surface area contributed by atoms with E-state index < -0.39 is 22.8 Å². The smallest absolute Gasteiger partial charge is 0.330 e. The number of hydrogen-bond acceptors (Lipinski definition) is 5. The average molecular weight is 370 g/mol. The SMILES string of the molecule is Cc1cc(C)c([N+](=O)[O-])cc1C(=O)NC(C(=O)O)c1ccc2c(c1)CCO2. The maximum atomic E-state index is 12.7. The Hall–Kier alpha value is -3.42. The highest BCUT2D eigenvalue weighted by molar-refractivity contribution is 5.98. The summed E-state index contributed by atoms with van der Waals surface area (Å²) in [6.07, 6.45) is 0.673. The zero-order chi connectivity index (χ0) is 19.7. The van der Waals surface area contributed by atoms with E-state index in [2.05, 4.69) is 5.32 Å². The lowest BCUT2D eigenvalue weighted by molar-refractivity contribution is -0.385. The van der Waals surface area contributed by atoms with Gasteiger partial charge in [-0.05, 0) is 48.7 Å². The van der Waals surface area contributed by atoms with Crippen LogP contribution >= 0.6 is 0 Å². The zero-order valence-corrected chi connectivity index (χ0v) is 14.8. The summed E-state index contributed by atoms with van der Waals surface area (Å²) in [5.41, 5.74) is 2.15. The van der Waals surface area contributed by atoms with E-state index in [1.54, 1.807) is 32.0 Å². The van der Waals surface area contributed by atoms with Crippen molar-refractivity contribution in [3.63, 3.8) is 0 Å². The van der Waals surface area contributed by atoms with Gasteiger partial charge in [0, 0.05) is 23.6 Å². The van der Waals surface area contributed by atoms with Gasteiger partial charge in [0.1, 0.15) is 5.75 Å². The van der Waals surface area contributed by atoms with E-state index in [1.807, 2.05) is 0 Å². The lowest BCUT2D eigenvalue weighted by atomic mass is 10.00. The molecule has 1 amide bonds. The van der Waals surface area contributed by atoms with Gasteiger partial charge in [-0.3, -0.25) is 14.9 Å². The van der Waals surface area contributed by atoms with Crippen molar-refractivity contribution in [1.82, 2.24) is 5.32 Å². The number of hydrogen-bond donors (Lipinski definition) is 2. The normalized spacial score (nSPS) is 13.4. The third-order valence-corrected chi connectivity index (χ3v) is 4.55. The number of ether oxygens (including phenoxy) is 1. The van der Waals surface area contributed by atoms with Crippen LogP contribution in [0.2, 0.25) is 0 Å².